The second-order valence-electron chi connectivity index (χ2n) is 3.15. The van der Waals surface area contributed by atoms with Gasteiger partial charge in [0, 0.05) is 25.1 Å². The van der Waals surface area contributed by atoms with Gasteiger partial charge in [0.2, 0.25) is 5.91 Å². The molecule has 0 heterocycles. The molecule has 1 aromatic rings. The fourth-order valence-corrected chi connectivity index (χ4v) is 1.07. The number of hydrogen-bond acceptors (Lipinski definition) is 1. The second kappa shape index (κ2) is 3.74. The number of carbonyl (C=O) groups excluding carboxylic acids is 1. The number of nitrogens with one attached hydrogen (secondary N) is 1. The monoisotopic (exact) mass is 199 g/mol. The van der Waals surface area contributed by atoms with Crippen LogP contribution in [0, 0.1) is 0 Å². The van der Waals surface area contributed by atoms with Crippen molar-refractivity contribution in [3.63, 3.8) is 0 Å². The lowest BCUT2D eigenvalue weighted by atomic mass is 10.1. The van der Waals surface area contributed by atoms with E-state index < -0.39 is 5.92 Å². The molecular formula is C10H11F2NO. The summed E-state index contributed by atoms with van der Waals surface area (Å²) in [6.07, 6.45) is 0. The lowest BCUT2D eigenvalue weighted by Gasteiger charge is -2.11. The first-order chi connectivity index (χ1) is 6.39. The molecule has 0 aliphatic carbocycles. The topological polar surface area (TPSA) is 29.1 Å². The molecule has 0 atom stereocenters. The third kappa shape index (κ3) is 2.80. The summed E-state index contributed by atoms with van der Waals surface area (Å²) in [5.41, 5.74) is 0.278. The van der Waals surface area contributed by atoms with E-state index in [9.17, 15) is 13.6 Å². The molecule has 0 radical (unpaired) electrons. The minimum absolute atomic E-state index is 0.108. The summed E-state index contributed by atoms with van der Waals surface area (Å²) >= 11 is 0. The van der Waals surface area contributed by atoms with E-state index >= 15 is 0 Å². The molecule has 0 fully saturated rings. The maximum Gasteiger partial charge on any atom is 0.270 e. The average molecular weight is 199 g/mol. The van der Waals surface area contributed by atoms with Crippen molar-refractivity contribution < 1.29 is 13.6 Å². The first-order valence-electron chi connectivity index (χ1n) is 4.15. The average Bonchev–Trinajstić information content (AvgIpc) is 2.01. The number of alkyl halides is 2. The molecule has 76 valence electrons. The minimum Gasteiger partial charge on any atom is -0.326 e. The highest BCUT2D eigenvalue weighted by Crippen LogP contribution is 2.28. The van der Waals surface area contributed by atoms with E-state index in [1.807, 2.05) is 0 Å². The Balaban J connectivity index is 2.95. The number of halogens is 2. The summed E-state index contributed by atoms with van der Waals surface area (Å²) in [6.45, 7) is 2.15. The van der Waals surface area contributed by atoms with E-state index in [2.05, 4.69) is 5.32 Å². The highest BCUT2D eigenvalue weighted by Gasteiger charge is 2.24. The van der Waals surface area contributed by atoms with Gasteiger partial charge in [-0.2, -0.15) is 0 Å². The summed E-state index contributed by atoms with van der Waals surface area (Å²) in [7, 11) is 0. The molecular weight excluding hydrogens is 188 g/mol. The van der Waals surface area contributed by atoms with E-state index in [1.165, 1.54) is 25.1 Å². The van der Waals surface area contributed by atoms with Gasteiger partial charge in [-0.1, -0.05) is 12.1 Å². The molecule has 1 aromatic carbocycles. The summed E-state index contributed by atoms with van der Waals surface area (Å²) in [5.74, 6) is -3.16. The molecule has 1 N–H and O–H groups in total. The third-order valence-electron chi connectivity index (χ3n) is 1.69. The maximum atomic E-state index is 12.9. The molecule has 0 saturated carbocycles. The van der Waals surface area contributed by atoms with Crippen LogP contribution < -0.4 is 5.32 Å². The number of amides is 1. The normalized spacial score (nSPS) is 11.1. The van der Waals surface area contributed by atoms with Crippen molar-refractivity contribution in [1.82, 2.24) is 0 Å². The minimum atomic E-state index is -2.88. The van der Waals surface area contributed by atoms with Crippen molar-refractivity contribution in [2.45, 2.75) is 19.8 Å². The van der Waals surface area contributed by atoms with Gasteiger partial charge in [-0.25, -0.2) is 8.78 Å². The zero-order valence-corrected chi connectivity index (χ0v) is 7.97. The smallest absolute Gasteiger partial charge is 0.270 e. The Morgan fingerprint density at radius 2 is 2.07 bits per heavy atom. The van der Waals surface area contributed by atoms with Crippen molar-refractivity contribution in [1.29, 1.82) is 0 Å². The Morgan fingerprint density at radius 3 is 2.57 bits per heavy atom. The SMILES string of the molecule is CC(=O)Nc1cccc(C(C)(F)F)c1. The number of rotatable bonds is 2. The Bertz CT molecular complexity index is 344. The predicted molar refractivity (Wildman–Crippen MR) is 50.3 cm³/mol. The Kier molecular flexibility index (Phi) is 2.84. The van der Waals surface area contributed by atoms with Gasteiger partial charge in [0.15, 0.2) is 0 Å². The molecule has 0 aliphatic heterocycles. The highest BCUT2D eigenvalue weighted by molar-refractivity contribution is 5.88. The highest BCUT2D eigenvalue weighted by atomic mass is 19.3. The predicted octanol–water partition coefficient (Wildman–Crippen LogP) is 2.76. The standard InChI is InChI=1S/C10H11F2NO/c1-7(14)13-9-5-3-4-8(6-9)10(2,11)12/h3-6H,1-2H3,(H,13,14). The van der Waals surface area contributed by atoms with Crippen LogP contribution in [0.4, 0.5) is 14.5 Å². The van der Waals surface area contributed by atoms with E-state index in [-0.39, 0.29) is 11.5 Å². The quantitative estimate of drug-likeness (QED) is 0.779. The molecule has 0 spiro atoms. The molecule has 0 unspecified atom stereocenters. The molecule has 14 heavy (non-hydrogen) atoms. The van der Waals surface area contributed by atoms with Crippen molar-refractivity contribution in [2.75, 3.05) is 5.32 Å². The van der Waals surface area contributed by atoms with Crippen LogP contribution in [0.1, 0.15) is 19.4 Å². The largest absolute Gasteiger partial charge is 0.326 e. The van der Waals surface area contributed by atoms with E-state index in [1.54, 1.807) is 6.07 Å². The lowest BCUT2D eigenvalue weighted by Crippen LogP contribution is -2.10. The van der Waals surface area contributed by atoms with Gasteiger partial charge < -0.3 is 5.32 Å². The van der Waals surface area contributed by atoms with Crippen LogP contribution in [0.25, 0.3) is 0 Å². The summed E-state index contributed by atoms with van der Waals surface area (Å²) in [6, 6.07) is 5.64. The Morgan fingerprint density at radius 1 is 1.43 bits per heavy atom. The first-order valence-corrected chi connectivity index (χ1v) is 4.15. The van der Waals surface area contributed by atoms with Crippen LogP contribution in [0.5, 0.6) is 0 Å². The number of carbonyl (C=O) groups is 1. The van der Waals surface area contributed by atoms with Crippen LogP contribution >= 0.6 is 0 Å². The molecule has 0 aromatic heterocycles. The van der Waals surface area contributed by atoms with Gasteiger partial charge in [-0.3, -0.25) is 4.79 Å². The Hall–Kier alpha value is -1.45. The maximum absolute atomic E-state index is 12.9. The molecule has 1 amide bonds. The van der Waals surface area contributed by atoms with Crippen LogP contribution in [0.15, 0.2) is 24.3 Å². The van der Waals surface area contributed by atoms with Crippen molar-refractivity contribution in [3.8, 4) is 0 Å². The van der Waals surface area contributed by atoms with E-state index in [4.69, 9.17) is 0 Å². The second-order valence-corrected chi connectivity index (χ2v) is 3.15. The van der Waals surface area contributed by atoms with Gasteiger partial charge in [0.25, 0.3) is 5.92 Å². The van der Waals surface area contributed by atoms with Gasteiger partial charge in [-0.15, -0.1) is 0 Å². The molecule has 0 saturated heterocycles. The molecule has 4 heteroatoms. The van der Waals surface area contributed by atoms with Crippen molar-refractivity contribution >= 4 is 11.6 Å². The van der Waals surface area contributed by atoms with Crippen LogP contribution in [0.2, 0.25) is 0 Å². The fraction of sp³-hybridized carbons (Fsp3) is 0.300. The summed E-state index contributed by atoms with van der Waals surface area (Å²) in [5, 5.41) is 2.44. The molecule has 1 rings (SSSR count). The van der Waals surface area contributed by atoms with E-state index in [0.29, 0.717) is 5.69 Å². The summed E-state index contributed by atoms with van der Waals surface area (Å²) in [4.78, 5) is 10.7. The molecule has 0 bridgehead atoms. The first kappa shape index (κ1) is 10.6. The number of benzene rings is 1. The number of anilines is 1. The summed E-state index contributed by atoms with van der Waals surface area (Å²) < 4.78 is 25.7. The zero-order chi connectivity index (χ0) is 10.8. The van der Waals surface area contributed by atoms with Crippen LogP contribution in [-0.2, 0) is 10.7 Å². The van der Waals surface area contributed by atoms with E-state index in [0.717, 1.165) is 6.92 Å². The Labute approximate surface area is 80.9 Å². The number of hydrogen-bond donors (Lipinski definition) is 1. The van der Waals surface area contributed by atoms with Gasteiger partial charge in [0.05, 0.1) is 0 Å². The van der Waals surface area contributed by atoms with Gasteiger partial charge >= 0.3 is 0 Å². The van der Waals surface area contributed by atoms with Crippen LogP contribution in [-0.4, -0.2) is 5.91 Å². The zero-order valence-electron chi connectivity index (χ0n) is 7.97. The van der Waals surface area contributed by atoms with Crippen LogP contribution in [0.3, 0.4) is 0 Å². The molecule has 0 aliphatic rings. The fourth-order valence-electron chi connectivity index (χ4n) is 1.07. The lowest BCUT2D eigenvalue weighted by molar-refractivity contribution is -0.114. The van der Waals surface area contributed by atoms with Gasteiger partial charge in [0.1, 0.15) is 0 Å². The van der Waals surface area contributed by atoms with Gasteiger partial charge in [-0.05, 0) is 12.1 Å². The van der Waals surface area contributed by atoms with Crippen molar-refractivity contribution in [3.05, 3.63) is 29.8 Å². The van der Waals surface area contributed by atoms with Crippen molar-refractivity contribution in [2.24, 2.45) is 0 Å². The third-order valence-corrected chi connectivity index (χ3v) is 1.69. The molecule has 2 nitrogen and oxygen atoms in total.